The van der Waals surface area contributed by atoms with Crippen LogP contribution < -0.4 is 0 Å². The smallest absolute Gasteiger partial charge is 0.0809 e. The quantitative estimate of drug-likeness (QED) is 0.790. The zero-order valence-electron chi connectivity index (χ0n) is 14.0. The predicted molar refractivity (Wildman–Crippen MR) is 89.3 cm³/mol. The Morgan fingerprint density at radius 3 is 2.24 bits per heavy atom. The predicted octanol–water partition coefficient (Wildman–Crippen LogP) is 3.81. The van der Waals surface area contributed by atoms with Crippen molar-refractivity contribution < 1.29 is 9.59 Å². The van der Waals surface area contributed by atoms with Crippen LogP contribution in [0.3, 0.4) is 0 Å². The van der Waals surface area contributed by atoms with Gasteiger partial charge in [-0.15, -0.1) is 0 Å². The van der Waals surface area contributed by atoms with Gasteiger partial charge in [0.25, 0.3) is 0 Å². The van der Waals surface area contributed by atoms with Crippen LogP contribution >= 0.6 is 0 Å². The highest BCUT2D eigenvalue weighted by Gasteiger charge is 2.29. The third kappa shape index (κ3) is 4.55. The molecule has 0 aliphatic carbocycles. The normalized spacial score (nSPS) is 21.2. The molecule has 0 unspecified atom stereocenters. The number of hydrogen-bond donors (Lipinski definition) is 1. The van der Waals surface area contributed by atoms with Crippen molar-refractivity contribution in [3.05, 3.63) is 35.9 Å². The van der Waals surface area contributed by atoms with Crippen LogP contribution in [-0.2, 0) is 0 Å². The first-order chi connectivity index (χ1) is 10.0. The van der Waals surface area contributed by atoms with Gasteiger partial charge in [-0.25, -0.2) is 0 Å². The molecule has 0 amide bonds. The van der Waals surface area contributed by atoms with Gasteiger partial charge in [0, 0.05) is 12.3 Å². The third-order valence-corrected chi connectivity index (χ3v) is 5.18. The summed E-state index contributed by atoms with van der Waals surface area (Å²) in [5, 5.41) is 10.8. The maximum Gasteiger partial charge on any atom is 0.0809 e. The van der Waals surface area contributed by atoms with Crippen LogP contribution in [0.2, 0.25) is 0 Å². The molecule has 1 fully saturated rings. The molecule has 1 aromatic rings. The monoisotopic (exact) mass is 290 g/mol. The number of rotatable bonds is 6. The summed E-state index contributed by atoms with van der Waals surface area (Å²) in [6, 6.07) is 10.5. The second-order valence-electron chi connectivity index (χ2n) is 7.39. The SMILES string of the molecule is CC(C)[C@@H](c1ccccc1)[C@H](O)CC[N+]1(C)CCCCC1. The maximum absolute atomic E-state index is 10.8. The molecule has 0 radical (unpaired) electrons. The third-order valence-electron chi connectivity index (χ3n) is 5.18. The largest absolute Gasteiger partial charge is 0.392 e. The fraction of sp³-hybridized carbons (Fsp3) is 0.684. The molecule has 0 bridgehead atoms. The van der Waals surface area contributed by atoms with E-state index in [1.54, 1.807) is 0 Å². The summed E-state index contributed by atoms with van der Waals surface area (Å²) in [6.45, 7) is 8.11. The minimum absolute atomic E-state index is 0.232. The Bertz CT molecular complexity index is 409. The van der Waals surface area contributed by atoms with E-state index in [4.69, 9.17) is 0 Å². The molecule has 0 spiro atoms. The van der Waals surface area contributed by atoms with Gasteiger partial charge < -0.3 is 9.59 Å². The van der Waals surface area contributed by atoms with Crippen molar-refractivity contribution >= 4 is 0 Å². The molecule has 2 rings (SSSR count). The second kappa shape index (κ2) is 7.42. The van der Waals surface area contributed by atoms with Gasteiger partial charge in [0.15, 0.2) is 0 Å². The second-order valence-corrected chi connectivity index (χ2v) is 7.39. The molecule has 1 aromatic carbocycles. The standard InChI is InChI=1S/C19H32NO/c1-16(2)19(17-10-6-4-7-11-17)18(21)12-15-20(3)13-8-5-9-14-20/h4,6-7,10-11,16,18-19,21H,5,8-9,12-15H2,1-3H3/q+1/t18-,19+/m1/s1. The molecular weight excluding hydrogens is 258 g/mol. The van der Waals surface area contributed by atoms with Gasteiger partial charge in [-0.2, -0.15) is 0 Å². The van der Waals surface area contributed by atoms with Crippen molar-refractivity contribution in [2.24, 2.45) is 5.92 Å². The van der Waals surface area contributed by atoms with E-state index in [-0.39, 0.29) is 12.0 Å². The highest BCUT2D eigenvalue weighted by atomic mass is 16.3. The number of nitrogens with zero attached hydrogens (tertiary/aromatic N) is 1. The molecule has 118 valence electrons. The Morgan fingerprint density at radius 2 is 1.67 bits per heavy atom. The molecule has 1 saturated heterocycles. The van der Waals surface area contributed by atoms with Crippen molar-refractivity contribution in [2.45, 2.75) is 51.6 Å². The first-order valence-corrected chi connectivity index (χ1v) is 8.58. The average Bonchev–Trinajstić information content (AvgIpc) is 2.47. The summed E-state index contributed by atoms with van der Waals surface area (Å²) in [7, 11) is 2.36. The van der Waals surface area contributed by atoms with E-state index in [2.05, 4.69) is 45.2 Å². The Labute approximate surface area is 130 Å². The van der Waals surface area contributed by atoms with E-state index in [0.29, 0.717) is 5.92 Å². The van der Waals surface area contributed by atoms with Gasteiger partial charge >= 0.3 is 0 Å². The minimum Gasteiger partial charge on any atom is -0.392 e. The molecular formula is C19H32NO+. The molecule has 1 aliphatic heterocycles. The van der Waals surface area contributed by atoms with Crippen LogP contribution in [0.25, 0.3) is 0 Å². The average molecular weight is 290 g/mol. The van der Waals surface area contributed by atoms with E-state index in [1.807, 2.05) is 6.07 Å². The first kappa shape index (κ1) is 16.5. The van der Waals surface area contributed by atoms with Crippen LogP contribution in [0.5, 0.6) is 0 Å². The Kier molecular flexibility index (Phi) is 5.83. The summed E-state index contributed by atoms with van der Waals surface area (Å²) >= 11 is 0. The van der Waals surface area contributed by atoms with Crippen molar-refractivity contribution in [3.63, 3.8) is 0 Å². The lowest BCUT2D eigenvalue weighted by Gasteiger charge is -2.39. The van der Waals surface area contributed by atoms with Gasteiger partial charge in [0.2, 0.25) is 0 Å². The number of hydrogen-bond acceptors (Lipinski definition) is 1. The lowest BCUT2D eigenvalue weighted by atomic mass is 9.82. The molecule has 1 N–H and O–H groups in total. The highest BCUT2D eigenvalue weighted by Crippen LogP contribution is 2.30. The Morgan fingerprint density at radius 1 is 1.05 bits per heavy atom. The van der Waals surface area contributed by atoms with Gasteiger partial charge in [0.05, 0.1) is 32.8 Å². The van der Waals surface area contributed by atoms with Gasteiger partial charge in [-0.05, 0) is 30.7 Å². The minimum atomic E-state index is -0.232. The molecule has 0 aromatic heterocycles. The van der Waals surface area contributed by atoms with E-state index in [9.17, 15) is 5.11 Å². The number of aliphatic hydroxyl groups excluding tert-OH is 1. The van der Waals surface area contributed by atoms with Crippen LogP contribution in [0.1, 0.15) is 51.0 Å². The van der Waals surface area contributed by atoms with Crippen LogP contribution in [0.15, 0.2) is 30.3 Å². The van der Waals surface area contributed by atoms with Gasteiger partial charge in [0.1, 0.15) is 0 Å². The fourth-order valence-corrected chi connectivity index (χ4v) is 3.85. The zero-order valence-corrected chi connectivity index (χ0v) is 14.0. The van der Waals surface area contributed by atoms with Gasteiger partial charge in [-0.3, -0.25) is 0 Å². The summed E-state index contributed by atoms with van der Waals surface area (Å²) in [6.07, 6.45) is 4.75. The molecule has 21 heavy (non-hydrogen) atoms. The molecule has 1 heterocycles. The van der Waals surface area contributed by atoms with E-state index >= 15 is 0 Å². The number of likely N-dealkylation sites (tertiary alicyclic amines) is 1. The van der Waals surface area contributed by atoms with Crippen molar-refractivity contribution in [1.82, 2.24) is 0 Å². The molecule has 0 saturated carbocycles. The van der Waals surface area contributed by atoms with E-state index in [0.717, 1.165) is 17.4 Å². The van der Waals surface area contributed by atoms with Crippen LogP contribution in [-0.4, -0.2) is 42.4 Å². The lowest BCUT2D eigenvalue weighted by molar-refractivity contribution is -0.914. The zero-order chi connectivity index (χ0) is 15.3. The number of quaternary nitrogens is 1. The van der Waals surface area contributed by atoms with Crippen LogP contribution in [0.4, 0.5) is 0 Å². The summed E-state index contributed by atoms with van der Waals surface area (Å²) in [5.74, 6) is 0.719. The van der Waals surface area contributed by atoms with Crippen molar-refractivity contribution in [3.8, 4) is 0 Å². The fourth-order valence-electron chi connectivity index (χ4n) is 3.85. The van der Waals surface area contributed by atoms with Crippen molar-refractivity contribution in [1.29, 1.82) is 0 Å². The summed E-state index contributed by atoms with van der Waals surface area (Å²) in [5.41, 5.74) is 1.28. The summed E-state index contributed by atoms with van der Waals surface area (Å²) in [4.78, 5) is 0. The number of piperidine rings is 1. The lowest BCUT2D eigenvalue weighted by Crippen LogP contribution is -2.49. The molecule has 2 atom stereocenters. The van der Waals surface area contributed by atoms with E-state index in [1.165, 1.54) is 37.9 Å². The number of aliphatic hydroxyl groups is 1. The van der Waals surface area contributed by atoms with Crippen molar-refractivity contribution in [2.75, 3.05) is 26.7 Å². The molecule has 2 heteroatoms. The van der Waals surface area contributed by atoms with Crippen LogP contribution in [0, 0.1) is 5.92 Å². The summed E-state index contributed by atoms with van der Waals surface area (Å²) < 4.78 is 1.15. The molecule has 1 aliphatic rings. The Hall–Kier alpha value is -0.860. The Balaban J connectivity index is 1.97. The maximum atomic E-state index is 10.8. The highest BCUT2D eigenvalue weighted by molar-refractivity contribution is 5.21. The number of benzene rings is 1. The topological polar surface area (TPSA) is 20.2 Å². The van der Waals surface area contributed by atoms with Gasteiger partial charge in [-0.1, -0.05) is 44.2 Å². The molecule has 2 nitrogen and oxygen atoms in total. The first-order valence-electron chi connectivity index (χ1n) is 8.58. The van der Waals surface area contributed by atoms with E-state index < -0.39 is 0 Å².